The smallest absolute Gasteiger partial charge is 0.234 e. The van der Waals surface area contributed by atoms with E-state index in [0.717, 1.165) is 16.9 Å². The highest BCUT2D eigenvalue weighted by Gasteiger charge is 2.16. The van der Waals surface area contributed by atoms with Gasteiger partial charge in [-0.2, -0.15) is 0 Å². The number of primary amides is 1. The second-order valence-corrected chi connectivity index (χ2v) is 5.57. The van der Waals surface area contributed by atoms with Crippen LogP contribution in [0.3, 0.4) is 0 Å². The van der Waals surface area contributed by atoms with Crippen molar-refractivity contribution in [3.05, 3.63) is 28.8 Å². The Morgan fingerprint density at radius 1 is 1.25 bits per heavy atom. The molecule has 20 heavy (non-hydrogen) atoms. The van der Waals surface area contributed by atoms with Gasteiger partial charge in [-0.3, -0.25) is 4.79 Å². The minimum Gasteiger partial charge on any atom is -0.493 e. The number of benzene rings is 1. The molecule has 0 radical (unpaired) electrons. The topological polar surface area (TPSA) is 64.3 Å². The van der Waals surface area contributed by atoms with Gasteiger partial charge in [-0.25, -0.2) is 0 Å². The summed E-state index contributed by atoms with van der Waals surface area (Å²) in [6.07, 6.45) is 0.570. The van der Waals surface area contributed by atoms with Crippen LogP contribution in [-0.2, 0) is 4.79 Å². The monoisotopic (exact) mass is 278 g/mol. The molecule has 1 unspecified atom stereocenters. The molecule has 3 N–H and O–H groups in total. The number of aryl methyl sites for hydroxylation is 2. The van der Waals surface area contributed by atoms with Crippen molar-refractivity contribution >= 4 is 5.91 Å². The summed E-state index contributed by atoms with van der Waals surface area (Å²) < 4.78 is 5.86. The van der Waals surface area contributed by atoms with E-state index >= 15 is 0 Å². The summed E-state index contributed by atoms with van der Waals surface area (Å²) in [4.78, 5) is 11.4. The second-order valence-electron chi connectivity index (χ2n) is 5.57. The predicted octanol–water partition coefficient (Wildman–Crippen LogP) is 2.23. The molecule has 4 heteroatoms. The average Bonchev–Trinajstić information content (AvgIpc) is 2.36. The van der Waals surface area contributed by atoms with Crippen molar-refractivity contribution in [1.29, 1.82) is 0 Å². The summed E-state index contributed by atoms with van der Waals surface area (Å²) >= 11 is 0. The molecule has 0 saturated heterocycles. The Labute approximate surface area is 121 Å². The van der Waals surface area contributed by atoms with Crippen LogP contribution in [0.15, 0.2) is 12.1 Å². The summed E-state index contributed by atoms with van der Waals surface area (Å²) in [5.41, 5.74) is 8.86. The molecule has 1 aromatic carbocycles. The van der Waals surface area contributed by atoms with E-state index in [1.807, 2.05) is 20.8 Å². The number of nitrogens with two attached hydrogens (primary N) is 1. The van der Waals surface area contributed by atoms with Crippen molar-refractivity contribution in [2.24, 2.45) is 5.73 Å². The molecular weight excluding hydrogens is 252 g/mol. The van der Waals surface area contributed by atoms with Crippen molar-refractivity contribution < 1.29 is 9.53 Å². The molecule has 4 nitrogen and oxygen atoms in total. The van der Waals surface area contributed by atoms with E-state index in [-0.39, 0.29) is 18.0 Å². The van der Waals surface area contributed by atoms with Crippen LogP contribution in [-0.4, -0.2) is 24.6 Å². The van der Waals surface area contributed by atoms with Gasteiger partial charge in [0, 0.05) is 12.5 Å². The molecule has 0 bridgehead atoms. The first-order valence-electron chi connectivity index (χ1n) is 7.08. The maximum absolute atomic E-state index is 11.4. The SMILES string of the molecule is Cc1ccc(C)c(OCCC(NC(C)C)C(N)=O)c1C. The van der Waals surface area contributed by atoms with Crippen LogP contribution in [0.1, 0.15) is 37.0 Å². The standard InChI is InChI=1S/C16H26N2O2/c1-10(2)18-14(16(17)19)8-9-20-15-12(4)7-6-11(3)13(15)5/h6-7,10,14,18H,8-9H2,1-5H3,(H2,17,19). The molecule has 1 atom stereocenters. The maximum Gasteiger partial charge on any atom is 0.234 e. The van der Waals surface area contributed by atoms with Crippen LogP contribution in [0.2, 0.25) is 0 Å². The predicted molar refractivity (Wildman–Crippen MR) is 82.0 cm³/mol. The minimum atomic E-state index is -0.347. The number of hydrogen-bond acceptors (Lipinski definition) is 3. The van der Waals surface area contributed by atoms with E-state index in [9.17, 15) is 4.79 Å². The molecule has 1 aromatic rings. The first-order chi connectivity index (χ1) is 9.32. The minimum absolute atomic E-state index is 0.218. The van der Waals surface area contributed by atoms with Gasteiger partial charge in [0.2, 0.25) is 5.91 Å². The lowest BCUT2D eigenvalue weighted by atomic mass is 10.1. The summed E-state index contributed by atoms with van der Waals surface area (Å²) in [6, 6.07) is 4.01. The van der Waals surface area contributed by atoms with Crippen LogP contribution < -0.4 is 15.8 Å². The molecule has 0 fully saturated rings. The van der Waals surface area contributed by atoms with Gasteiger partial charge in [-0.05, 0) is 37.5 Å². The van der Waals surface area contributed by atoms with Crippen molar-refractivity contribution in [2.75, 3.05) is 6.61 Å². The summed E-state index contributed by atoms with van der Waals surface area (Å²) in [7, 11) is 0. The van der Waals surface area contributed by atoms with Gasteiger partial charge < -0.3 is 15.8 Å². The number of hydrogen-bond donors (Lipinski definition) is 2. The third-order valence-corrected chi connectivity index (χ3v) is 3.40. The van der Waals surface area contributed by atoms with Crippen molar-refractivity contribution in [1.82, 2.24) is 5.32 Å². The number of ether oxygens (including phenoxy) is 1. The van der Waals surface area contributed by atoms with Crippen molar-refractivity contribution in [3.8, 4) is 5.75 Å². The molecule has 0 aliphatic rings. The fourth-order valence-corrected chi connectivity index (χ4v) is 2.14. The number of carbonyl (C=O) groups excluding carboxylic acids is 1. The van der Waals surface area contributed by atoms with Crippen molar-refractivity contribution in [3.63, 3.8) is 0 Å². The quantitative estimate of drug-likeness (QED) is 0.804. The highest BCUT2D eigenvalue weighted by Crippen LogP contribution is 2.25. The molecule has 112 valence electrons. The average molecular weight is 278 g/mol. The Morgan fingerprint density at radius 3 is 2.40 bits per heavy atom. The van der Waals surface area contributed by atoms with Crippen LogP contribution in [0.25, 0.3) is 0 Å². The van der Waals surface area contributed by atoms with Crippen LogP contribution in [0.5, 0.6) is 5.75 Å². The molecule has 1 rings (SSSR count). The Bertz CT molecular complexity index is 470. The van der Waals surface area contributed by atoms with Gasteiger partial charge >= 0.3 is 0 Å². The second kappa shape index (κ2) is 7.29. The van der Waals surface area contributed by atoms with Gasteiger partial charge in [0.15, 0.2) is 0 Å². The zero-order chi connectivity index (χ0) is 15.3. The van der Waals surface area contributed by atoms with E-state index in [1.54, 1.807) is 0 Å². The third kappa shape index (κ3) is 4.53. The highest BCUT2D eigenvalue weighted by molar-refractivity contribution is 5.79. The Morgan fingerprint density at radius 2 is 1.85 bits per heavy atom. The lowest BCUT2D eigenvalue weighted by molar-refractivity contribution is -0.120. The highest BCUT2D eigenvalue weighted by atomic mass is 16.5. The van der Waals surface area contributed by atoms with E-state index in [0.29, 0.717) is 13.0 Å². The fourth-order valence-electron chi connectivity index (χ4n) is 2.14. The molecule has 0 saturated carbocycles. The lowest BCUT2D eigenvalue weighted by Gasteiger charge is -2.19. The summed E-state index contributed by atoms with van der Waals surface area (Å²) in [6.45, 7) is 10.6. The van der Waals surface area contributed by atoms with Crippen LogP contribution >= 0.6 is 0 Å². The van der Waals surface area contributed by atoms with Gasteiger partial charge in [0.05, 0.1) is 12.6 Å². The van der Waals surface area contributed by atoms with E-state index in [4.69, 9.17) is 10.5 Å². The molecule has 0 heterocycles. The molecule has 0 aromatic heterocycles. The largest absolute Gasteiger partial charge is 0.493 e. The number of nitrogens with one attached hydrogen (secondary N) is 1. The Balaban J connectivity index is 2.63. The first-order valence-corrected chi connectivity index (χ1v) is 7.08. The lowest BCUT2D eigenvalue weighted by Crippen LogP contribution is -2.45. The van der Waals surface area contributed by atoms with Gasteiger partial charge in [0.1, 0.15) is 5.75 Å². The van der Waals surface area contributed by atoms with E-state index in [1.165, 1.54) is 5.56 Å². The maximum atomic E-state index is 11.4. The van der Waals surface area contributed by atoms with Gasteiger partial charge in [0.25, 0.3) is 0 Å². The Hall–Kier alpha value is -1.55. The summed E-state index contributed by atoms with van der Waals surface area (Å²) in [5, 5.41) is 3.15. The molecule has 0 aliphatic carbocycles. The zero-order valence-corrected chi connectivity index (χ0v) is 13.1. The molecular formula is C16H26N2O2. The fraction of sp³-hybridized carbons (Fsp3) is 0.562. The molecule has 0 aliphatic heterocycles. The van der Waals surface area contributed by atoms with E-state index in [2.05, 4.69) is 31.3 Å². The third-order valence-electron chi connectivity index (χ3n) is 3.40. The molecule has 0 spiro atoms. The van der Waals surface area contributed by atoms with Crippen LogP contribution in [0.4, 0.5) is 0 Å². The Kier molecular flexibility index (Phi) is 6.02. The molecule has 1 amide bonds. The van der Waals surface area contributed by atoms with Crippen LogP contribution in [0, 0.1) is 20.8 Å². The van der Waals surface area contributed by atoms with Gasteiger partial charge in [-0.1, -0.05) is 26.0 Å². The van der Waals surface area contributed by atoms with E-state index < -0.39 is 0 Å². The zero-order valence-electron chi connectivity index (χ0n) is 13.1. The number of rotatable bonds is 7. The normalized spacial score (nSPS) is 12.5. The van der Waals surface area contributed by atoms with Gasteiger partial charge in [-0.15, -0.1) is 0 Å². The number of amides is 1. The van der Waals surface area contributed by atoms with Crippen molar-refractivity contribution in [2.45, 2.75) is 53.1 Å². The first kappa shape index (κ1) is 16.5. The number of carbonyl (C=O) groups is 1. The summed E-state index contributed by atoms with van der Waals surface area (Å²) in [5.74, 6) is 0.581.